The minimum atomic E-state index is 0.129. The van der Waals surface area contributed by atoms with E-state index in [9.17, 15) is 4.79 Å². The molecule has 2 saturated carbocycles. The molecule has 2 aliphatic carbocycles. The summed E-state index contributed by atoms with van der Waals surface area (Å²) in [5.41, 5.74) is 2.46. The molecule has 2 bridgehead atoms. The van der Waals surface area contributed by atoms with Gasteiger partial charge < -0.3 is 10.3 Å². The Hall–Kier alpha value is -1.55. The highest BCUT2D eigenvalue weighted by Crippen LogP contribution is 2.49. The minimum Gasteiger partial charge on any atom is -0.329 e. The fourth-order valence-electron chi connectivity index (χ4n) is 5.51. The Morgan fingerprint density at radius 3 is 2.96 bits per heavy atom. The maximum Gasteiger partial charge on any atom is 0.224 e. The molecule has 0 aliphatic heterocycles. The third-order valence-electron chi connectivity index (χ3n) is 6.72. The smallest absolute Gasteiger partial charge is 0.224 e. The third-order valence-corrected chi connectivity index (χ3v) is 6.89. The predicted octanol–water partition coefficient (Wildman–Crippen LogP) is 5.64. The lowest BCUT2D eigenvalue weighted by Gasteiger charge is -2.46. The van der Waals surface area contributed by atoms with E-state index in [1.54, 1.807) is 0 Å². The van der Waals surface area contributed by atoms with Gasteiger partial charge in [0, 0.05) is 12.1 Å². The summed E-state index contributed by atoms with van der Waals surface area (Å²) in [6.07, 6.45) is 7.27. The molecule has 4 rings (SSSR count). The van der Waals surface area contributed by atoms with E-state index in [-0.39, 0.29) is 5.91 Å². The monoisotopic (exact) mass is 373 g/mol. The van der Waals surface area contributed by atoms with E-state index in [1.807, 2.05) is 18.2 Å². The summed E-state index contributed by atoms with van der Waals surface area (Å²) in [6.45, 7) is 4.66. The van der Waals surface area contributed by atoms with E-state index >= 15 is 0 Å². The Bertz CT molecular complexity index is 800. The van der Waals surface area contributed by atoms with E-state index in [2.05, 4.69) is 29.1 Å². The first-order valence-electron chi connectivity index (χ1n) is 9.97. The van der Waals surface area contributed by atoms with Gasteiger partial charge in [-0.1, -0.05) is 20.3 Å². The topological polar surface area (TPSA) is 57.8 Å². The van der Waals surface area contributed by atoms with Crippen LogP contribution in [0.1, 0.15) is 52.4 Å². The summed E-state index contributed by atoms with van der Waals surface area (Å²) in [6, 6.07) is 5.68. The van der Waals surface area contributed by atoms with E-state index < -0.39 is 0 Å². The number of benzene rings is 1. The van der Waals surface area contributed by atoms with Gasteiger partial charge in [0.15, 0.2) is 0 Å². The van der Waals surface area contributed by atoms with E-state index in [4.69, 9.17) is 11.6 Å². The number of nitrogens with zero attached hydrogens (tertiary/aromatic N) is 1. The molecule has 1 aromatic carbocycles. The molecule has 2 aliphatic rings. The van der Waals surface area contributed by atoms with Crippen molar-refractivity contribution in [2.24, 2.45) is 29.6 Å². The Labute approximate surface area is 160 Å². The number of anilines is 1. The molecule has 2 aromatic rings. The Kier molecular flexibility index (Phi) is 4.96. The van der Waals surface area contributed by atoms with Crippen molar-refractivity contribution in [1.29, 1.82) is 0 Å². The fourth-order valence-corrected chi connectivity index (χ4v) is 5.70. The lowest BCUT2D eigenvalue weighted by Crippen LogP contribution is -2.39. The van der Waals surface area contributed by atoms with Crippen LogP contribution in [-0.2, 0) is 4.79 Å². The van der Waals surface area contributed by atoms with Crippen LogP contribution in [0.2, 0.25) is 5.28 Å². The molecule has 2 N–H and O–H groups in total. The van der Waals surface area contributed by atoms with Crippen LogP contribution in [0.3, 0.4) is 0 Å². The fraction of sp³-hybridized carbons (Fsp3) is 0.619. The number of halogens is 1. The molecule has 0 spiro atoms. The zero-order valence-corrected chi connectivity index (χ0v) is 16.4. The molecular weight excluding hydrogens is 346 g/mol. The number of amides is 1. The number of hydrogen-bond donors (Lipinski definition) is 2. The highest BCUT2D eigenvalue weighted by atomic mass is 35.5. The van der Waals surface area contributed by atoms with Crippen LogP contribution in [0.5, 0.6) is 0 Å². The first-order chi connectivity index (χ1) is 12.5. The van der Waals surface area contributed by atoms with Crippen molar-refractivity contribution in [2.75, 3.05) is 5.32 Å². The molecule has 2 fully saturated rings. The van der Waals surface area contributed by atoms with Gasteiger partial charge in [0.2, 0.25) is 11.2 Å². The number of aromatic amines is 1. The second-order valence-electron chi connectivity index (χ2n) is 8.50. The van der Waals surface area contributed by atoms with Gasteiger partial charge in [-0.2, -0.15) is 0 Å². The van der Waals surface area contributed by atoms with E-state index in [0.29, 0.717) is 23.5 Å². The quantitative estimate of drug-likeness (QED) is 0.728. The van der Waals surface area contributed by atoms with Gasteiger partial charge in [0.05, 0.1) is 11.0 Å². The molecule has 5 unspecified atom stereocenters. The number of fused-ring (bicyclic) bond motifs is 3. The molecule has 1 heterocycles. The van der Waals surface area contributed by atoms with Crippen molar-refractivity contribution in [1.82, 2.24) is 9.97 Å². The van der Waals surface area contributed by atoms with Gasteiger partial charge in [0.25, 0.3) is 0 Å². The Balaban J connectivity index is 1.42. The molecule has 140 valence electrons. The van der Waals surface area contributed by atoms with Crippen molar-refractivity contribution in [3.63, 3.8) is 0 Å². The molecule has 0 radical (unpaired) electrons. The van der Waals surface area contributed by atoms with Crippen molar-refractivity contribution >= 4 is 34.2 Å². The van der Waals surface area contributed by atoms with Crippen molar-refractivity contribution in [3.8, 4) is 0 Å². The summed E-state index contributed by atoms with van der Waals surface area (Å²) in [7, 11) is 0. The largest absolute Gasteiger partial charge is 0.329 e. The van der Waals surface area contributed by atoms with Gasteiger partial charge in [-0.3, -0.25) is 4.79 Å². The first-order valence-corrected chi connectivity index (χ1v) is 10.3. The molecular formula is C21H28ClN3O. The maximum atomic E-state index is 12.7. The van der Waals surface area contributed by atoms with Crippen LogP contribution in [0.15, 0.2) is 18.2 Å². The second kappa shape index (κ2) is 7.22. The lowest BCUT2D eigenvalue weighted by atomic mass is 9.59. The van der Waals surface area contributed by atoms with E-state index in [0.717, 1.165) is 34.5 Å². The average Bonchev–Trinajstić information content (AvgIpc) is 2.97. The van der Waals surface area contributed by atoms with Crippen LogP contribution in [0.4, 0.5) is 5.69 Å². The molecule has 5 atom stereocenters. The number of rotatable bonds is 4. The number of carbonyl (C=O) groups excluding carboxylic acids is 1. The number of H-pyrrole nitrogens is 1. The minimum absolute atomic E-state index is 0.129. The molecule has 1 aromatic heterocycles. The van der Waals surface area contributed by atoms with Crippen LogP contribution in [0, 0.1) is 29.6 Å². The molecule has 0 saturated heterocycles. The zero-order valence-electron chi connectivity index (χ0n) is 15.6. The highest BCUT2D eigenvalue weighted by molar-refractivity contribution is 6.29. The number of nitrogens with one attached hydrogen (secondary N) is 2. The number of aromatic nitrogens is 2. The van der Waals surface area contributed by atoms with Crippen LogP contribution in [0.25, 0.3) is 11.0 Å². The summed E-state index contributed by atoms with van der Waals surface area (Å²) < 4.78 is 0. The van der Waals surface area contributed by atoms with Gasteiger partial charge in [-0.05, 0) is 85.1 Å². The number of imidazole rings is 1. The summed E-state index contributed by atoms with van der Waals surface area (Å²) in [4.78, 5) is 19.9. The highest BCUT2D eigenvalue weighted by Gasteiger charge is 2.41. The summed E-state index contributed by atoms with van der Waals surface area (Å²) in [5.74, 6) is 3.78. The lowest BCUT2D eigenvalue weighted by molar-refractivity contribution is -0.119. The van der Waals surface area contributed by atoms with E-state index in [1.165, 1.54) is 32.1 Å². The van der Waals surface area contributed by atoms with Gasteiger partial charge in [-0.15, -0.1) is 0 Å². The first kappa shape index (κ1) is 17.8. The van der Waals surface area contributed by atoms with Crippen molar-refractivity contribution in [3.05, 3.63) is 23.5 Å². The maximum absolute atomic E-state index is 12.7. The average molecular weight is 374 g/mol. The standard InChI is InChI=1S/C21H28ClN3O/c1-3-13-7-14-6-12(2)17(15(8-13)9-14)11-20(26)23-16-4-5-18-19(10-16)25-21(22)24-18/h4-5,10,12-15,17H,3,6-9,11H2,1-2H3,(H,23,26)(H,24,25). The summed E-state index contributed by atoms with van der Waals surface area (Å²) in [5, 5.41) is 3.45. The SMILES string of the molecule is CCC1CC2CC(C)C(CC(=O)Nc3ccc4nc(Cl)[nH]c4c3)C(C1)C2. The van der Waals surface area contributed by atoms with Gasteiger partial charge >= 0.3 is 0 Å². The number of hydrogen-bond acceptors (Lipinski definition) is 2. The van der Waals surface area contributed by atoms with Crippen LogP contribution < -0.4 is 5.32 Å². The van der Waals surface area contributed by atoms with Crippen LogP contribution >= 0.6 is 11.6 Å². The van der Waals surface area contributed by atoms with Gasteiger partial charge in [0.1, 0.15) is 0 Å². The summed E-state index contributed by atoms with van der Waals surface area (Å²) >= 11 is 5.90. The van der Waals surface area contributed by atoms with Crippen LogP contribution in [-0.4, -0.2) is 15.9 Å². The zero-order chi connectivity index (χ0) is 18.3. The third kappa shape index (κ3) is 3.62. The Morgan fingerprint density at radius 2 is 2.15 bits per heavy atom. The predicted molar refractivity (Wildman–Crippen MR) is 106 cm³/mol. The van der Waals surface area contributed by atoms with Gasteiger partial charge in [-0.25, -0.2) is 4.98 Å². The molecule has 4 nitrogen and oxygen atoms in total. The van der Waals surface area contributed by atoms with Crippen molar-refractivity contribution < 1.29 is 4.79 Å². The second-order valence-corrected chi connectivity index (χ2v) is 8.85. The van der Waals surface area contributed by atoms with Crippen molar-refractivity contribution in [2.45, 2.75) is 52.4 Å². The number of carbonyl (C=O) groups is 1. The Morgan fingerprint density at radius 1 is 1.31 bits per heavy atom. The molecule has 1 amide bonds. The normalized spacial score (nSPS) is 31.1. The molecule has 26 heavy (non-hydrogen) atoms. The molecule has 5 heteroatoms.